The predicted octanol–water partition coefficient (Wildman–Crippen LogP) is 3.94. The van der Waals surface area contributed by atoms with E-state index in [1.807, 2.05) is 0 Å². The van der Waals surface area contributed by atoms with Gasteiger partial charge in [0.25, 0.3) is 0 Å². The van der Waals surface area contributed by atoms with Gasteiger partial charge in [-0.15, -0.1) is 0 Å². The quantitative estimate of drug-likeness (QED) is 0.615. The zero-order valence-electron chi connectivity index (χ0n) is 10.7. The maximum absolute atomic E-state index is 12.6. The number of rotatable bonds is 6. The van der Waals surface area contributed by atoms with Gasteiger partial charge in [0.15, 0.2) is 0 Å². The van der Waals surface area contributed by atoms with Gasteiger partial charge < -0.3 is 11.1 Å². The minimum Gasteiger partial charge on any atom is -0.389 e. The molecule has 1 rings (SSSR count). The summed E-state index contributed by atoms with van der Waals surface area (Å²) in [5.41, 5.74) is 5.53. The van der Waals surface area contributed by atoms with Crippen LogP contribution in [0.25, 0.3) is 0 Å². The molecule has 0 saturated heterocycles. The monoisotopic (exact) mass is 290 g/mol. The van der Waals surface area contributed by atoms with E-state index in [1.165, 1.54) is 6.07 Å². The second kappa shape index (κ2) is 6.75. The topological polar surface area (TPSA) is 38.0 Å². The summed E-state index contributed by atoms with van der Waals surface area (Å²) in [6.07, 6.45) is -1.29. The van der Waals surface area contributed by atoms with Gasteiger partial charge in [-0.2, -0.15) is 13.2 Å². The molecule has 0 heterocycles. The van der Waals surface area contributed by atoms with Crippen LogP contribution in [0.1, 0.15) is 37.3 Å². The first-order valence-electron chi connectivity index (χ1n) is 6.11. The average molecular weight is 290 g/mol. The molecular weight excluding hydrogens is 273 g/mol. The molecule has 0 atom stereocenters. The zero-order valence-corrected chi connectivity index (χ0v) is 11.5. The highest BCUT2D eigenvalue weighted by molar-refractivity contribution is 7.80. The smallest absolute Gasteiger partial charge is 0.389 e. The van der Waals surface area contributed by atoms with Crippen LogP contribution in [0.4, 0.5) is 18.9 Å². The summed E-state index contributed by atoms with van der Waals surface area (Å²) < 4.78 is 37.8. The fourth-order valence-corrected chi connectivity index (χ4v) is 1.85. The Morgan fingerprint density at radius 3 is 2.53 bits per heavy atom. The van der Waals surface area contributed by atoms with Crippen LogP contribution in [-0.4, -0.2) is 11.5 Å². The molecule has 3 N–H and O–H groups in total. The van der Waals surface area contributed by atoms with Gasteiger partial charge in [0.05, 0.1) is 5.56 Å². The van der Waals surface area contributed by atoms with E-state index in [9.17, 15) is 13.2 Å². The van der Waals surface area contributed by atoms with Gasteiger partial charge in [0, 0.05) is 17.8 Å². The fraction of sp³-hybridized carbons (Fsp3) is 0.462. The lowest BCUT2D eigenvalue weighted by Crippen LogP contribution is -2.16. The maximum atomic E-state index is 12.6. The molecular formula is C13H17F3N2S. The Kier molecular flexibility index (Phi) is 5.60. The molecule has 0 bridgehead atoms. The lowest BCUT2D eigenvalue weighted by atomic mass is 10.1. The first kappa shape index (κ1) is 15.8. The molecule has 0 aliphatic rings. The van der Waals surface area contributed by atoms with E-state index in [4.69, 9.17) is 18.0 Å². The highest BCUT2D eigenvalue weighted by Gasteiger charge is 2.31. The highest BCUT2D eigenvalue weighted by atomic mass is 32.1. The van der Waals surface area contributed by atoms with Gasteiger partial charge in [-0.05, 0) is 24.6 Å². The molecule has 0 saturated carbocycles. The lowest BCUT2D eigenvalue weighted by molar-refractivity contribution is -0.137. The molecule has 1 aromatic rings. The van der Waals surface area contributed by atoms with Crippen LogP contribution < -0.4 is 11.1 Å². The molecule has 1 aromatic carbocycles. The number of alkyl halides is 3. The van der Waals surface area contributed by atoms with E-state index in [0.29, 0.717) is 12.2 Å². The molecule has 0 amide bonds. The third kappa shape index (κ3) is 4.70. The minimum atomic E-state index is -4.39. The molecule has 0 fully saturated rings. The molecule has 0 radical (unpaired) electrons. The molecule has 0 aliphatic carbocycles. The van der Waals surface area contributed by atoms with Crippen LogP contribution in [-0.2, 0) is 6.18 Å². The van der Waals surface area contributed by atoms with Crippen LogP contribution in [0.5, 0.6) is 0 Å². The maximum Gasteiger partial charge on any atom is 0.416 e. The number of unbranched alkanes of at least 4 members (excludes halogenated alkanes) is 2. The van der Waals surface area contributed by atoms with Crippen molar-refractivity contribution in [1.29, 1.82) is 0 Å². The summed E-state index contributed by atoms with van der Waals surface area (Å²) in [6, 6.07) is 3.40. The summed E-state index contributed by atoms with van der Waals surface area (Å²) >= 11 is 4.80. The first-order valence-corrected chi connectivity index (χ1v) is 6.52. The number of nitrogens with two attached hydrogens (primary N) is 1. The summed E-state index contributed by atoms with van der Waals surface area (Å²) in [4.78, 5) is -0.0379. The molecule has 19 heavy (non-hydrogen) atoms. The highest BCUT2D eigenvalue weighted by Crippen LogP contribution is 2.31. The van der Waals surface area contributed by atoms with Crippen LogP contribution in [0.3, 0.4) is 0 Å². The van der Waals surface area contributed by atoms with Crippen molar-refractivity contribution < 1.29 is 13.2 Å². The Hall–Kier alpha value is -1.30. The van der Waals surface area contributed by atoms with Crippen molar-refractivity contribution in [2.45, 2.75) is 32.4 Å². The van der Waals surface area contributed by atoms with Gasteiger partial charge in [-0.1, -0.05) is 32.0 Å². The summed E-state index contributed by atoms with van der Waals surface area (Å²) in [5, 5.41) is 3.07. The fourth-order valence-electron chi connectivity index (χ4n) is 1.68. The molecule has 6 heteroatoms. The minimum absolute atomic E-state index is 0.0379. The SMILES string of the molecule is CCCCCNc1ccc(C(F)(F)F)cc1C(N)=S. The third-order valence-corrected chi connectivity index (χ3v) is 2.93. The Balaban J connectivity index is 2.90. The molecule has 0 aliphatic heterocycles. The standard InChI is InChI=1S/C13H17F3N2S/c1-2-3-4-7-18-11-6-5-9(13(14,15)16)8-10(11)12(17)19/h5-6,8,18H,2-4,7H2,1H3,(H2,17,19). The van der Waals surface area contributed by atoms with Gasteiger partial charge in [-0.25, -0.2) is 0 Å². The van der Waals surface area contributed by atoms with E-state index < -0.39 is 11.7 Å². The van der Waals surface area contributed by atoms with E-state index in [-0.39, 0.29) is 10.6 Å². The van der Waals surface area contributed by atoms with Gasteiger partial charge in [-0.3, -0.25) is 0 Å². The second-order valence-corrected chi connectivity index (χ2v) is 4.70. The normalized spacial score (nSPS) is 11.4. The Morgan fingerprint density at radius 1 is 1.32 bits per heavy atom. The Labute approximate surface area is 116 Å². The van der Waals surface area contributed by atoms with E-state index in [1.54, 1.807) is 0 Å². The van der Waals surface area contributed by atoms with Crippen LogP contribution >= 0.6 is 12.2 Å². The predicted molar refractivity (Wildman–Crippen MR) is 75.3 cm³/mol. The number of halogens is 3. The molecule has 0 unspecified atom stereocenters. The second-order valence-electron chi connectivity index (χ2n) is 4.26. The molecule has 106 valence electrons. The van der Waals surface area contributed by atoms with E-state index in [2.05, 4.69) is 12.2 Å². The van der Waals surface area contributed by atoms with Crippen LogP contribution in [0, 0.1) is 0 Å². The van der Waals surface area contributed by atoms with Gasteiger partial charge in [0.2, 0.25) is 0 Å². The van der Waals surface area contributed by atoms with E-state index >= 15 is 0 Å². The number of thiocarbonyl (C=S) groups is 1. The van der Waals surface area contributed by atoms with Crippen LogP contribution in [0.15, 0.2) is 18.2 Å². The number of nitrogens with one attached hydrogen (secondary N) is 1. The van der Waals surface area contributed by atoms with Crippen molar-refractivity contribution in [3.05, 3.63) is 29.3 Å². The molecule has 0 spiro atoms. The van der Waals surface area contributed by atoms with Crippen molar-refractivity contribution in [3.8, 4) is 0 Å². The first-order chi connectivity index (χ1) is 8.86. The largest absolute Gasteiger partial charge is 0.416 e. The van der Waals surface area contributed by atoms with Crippen molar-refractivity contribution >= 4 is 22.9 Å². The van der Waals surface area contributed by atoms with Gasteiger partial charge >= 0.3 is 6.18 Å². The summed E-state index contributed by atoms with van der Waals surface area (Å²) in [7, 11) is 0. The number of benzene rings is 1. The average Bonchev–Trinajstić information content (AvgIpc) is 2.33. The Morgan fingerprint density at radius 2 is 2.00 bits per heavy atom. The number of hydrogen-bond acceptors (Lipinski definition) is 2. The summed E-state index contributed by atoms with van der Waals surface area (Å²) in [6.45, 7) is 2.77. The molecule has 0 aromatic heterocycles. The van der Waals surface area contributed by atoms with Crippen molar-refractivity contribution in [3.63, 3.8) is 0 Å². The van der Waals surface area contributed by atoms with Crippen molar-refractivity contribution in [1.82, 2.24) is 0 Å². The van der Waals surface area contributed by atoms with Crippen molar-refractivity contribution in [2.75, 3.05) is 11.9 Å². The van der Waals surface area contributed by atoms with E-state index in [0.717, 1.165) is 31.4 Å². The zero-order chi connectivity index (χ0) is 14.5. The molecule has 2 nitrogen and oxygen atoms in total. The van der Waals surface area contributed by atoms with Crippen molar-refractivity contribution in [2.24, 2.45) is 5.73 Å². The van der Waals surface area contributed by atoms with Gasteiger partial charge in [0.1, 0.15) is 4.99 Å². The Bertz CT molecular complexity index is 444. The van der Waals surface area contributed by atoms with Crippen LogP contribution in [0.2, 0.25) is 0 Å². The summed E-state index contributed by atoms with van der Waals surface area (Å²) in [5.74, 6) is 0. The number of hydrogen-bond donors (Lipinski definition) is 2. The number of anilines is 1. The third-order valence-electron chi connectivity index (χ3n) is 2.71. The lowest BCUT2D eigenvalue weighted by Gasteiger charge is -2.14.